The van der Waals surface area contributed by atoms with Gasteiger partial charge in [0.05, 0.1) is 12.7 Å². The molecule has 3 aromatic rings. The standard InChI is InChI=1S/C35H47N5O2/c1-2-3-4-5-6-7-8-12-23-40-27-33(37-38-40)19-20-34(41)31-15-17-32(18-16-31)36-35(42)28-39-24-21-30(22-25-39)26-29-13-10-9-11-14-29/h9-11,13-20,27,30H,2-8,12,21-26,28H2,1H3,(H,36,42)/b20-19+. The molecule has 1 saturated heterocycles. The van der Waals surface area contributed by atoms with Crippen LogP contribution in [0.4, 0.5) is 5.69 Å². The molecule has 42 heavy (non-hydrogen) atoms. The van der Waals surface area contributed by atoms with Crippen LogP contribution in [0.2, 0.25) is 0 Å². The number of allylic oxidation sites excluding steroid dienone is 1. The van der Waals surface area contributed by atoms with Crippen LogP contribution in [0.1, 0.15) is 92.7 Å². The van der Waals surface area contributed by atoms with Gasteiger partial charge in [0, 0.05) is 17.8 Å². The fraction of sp³-hybridized carbons (Fsp3) is 0.486. The maximum atomic E-state index is 12.7. The molecule has 0 bridgehead atoms. The number of amides is 1. The molecular formula is C35H47N5O2. The first kappa shape index (κ1) is 31.4. The van der Waals surface area contributed by atoms with Crippen molar-refractivity contribution in [3.8, 4) is 0 Å². The zero-order chi connectivity index (χ0) is 29.4. The molecule has 1 fully saturated rings. The third-order valence-electron chi connectivity index (χ3n) is 8.10. The Morgan fingerprint density at radius 1 is 0.905 bits per heavy atom. The minimum Gasteiger partial charge on any atom is -0.325 e. The van der Waals surface area contributed by atoms with Crippen LogP contribution in [-0.4, -0.2) is 51.2 Å². The molecule has 2 heterocycles. The summed E-state index contributed by atoms with van der Waals surface area (Å²) >= 11 is 0. The highest BCUT2D eigenvalue weighted by Gasteiger charge is 2.21. The van der Waals surface area contributed by atoms with Crippen molar-refractivity contribution in [2.45, 2.75) is 84.1 Å². The second kappa shape index (κ2) is 17.4. The number of unbranched alkanes of at least 4 members (excludes halogenated alkanes) is 7. The van der Waals surface area contributed by atoms with Crippen LogP contribution < -0.4 is 5.32 Å². The van der Waals surface area contributed by atoms with Crippen molar-refractivity contribution in [1.29, 1.82) is 0 Å². The quantitative estimate of drug-likeness (QED) is 0.106. The van der Waals surface area contributed by atoms with Crippen LogP contribution in [0.3, 0.4) is 0 Å². The Labute approximate surface area is 251 Å². The molecule has 7 heteroatoms. The van der Waals surface area contributed by atoms with Gasteiger partial charge in [-0.2, -0.15) is 0 Å². The van der Waals surface area contributed by atoms with Gasteiger partial charge in [0.2, 0.25) is 5.91 Å². The van der Waals surface area contributed by atoms with Crippen molar-refractivity contribution in [3.05, 3.63) is 83.7 Å². The lowest BCUT2D eigenvalue weighted by molar-refractivity contribution is -0.117. The summed E-state index contributed by atoms with van der Waals surface area (Å²) in [7, 11) is 0. The van der Waals surface area contributed by atoms with E-state index in [0.29, 0.717) is 29.4 Å². The number of piperidine rings is 1. The third kappa shape index (κ3) is 11.0. The van der Waals surface area contributed by atoms with E-state index in [1.807, 2.05) is 10.9 Å². The highest BCUT2D eigenvalue weighted by Crippen LogP contribution is 2.22. The van der Waals surface area contributed by atoms with Gasteiger partial charge in [-0.05, 0) is 86.7 Å². The predicted molar refractivity (Wildman–Crippen MR) is 170 cm³/mol. The van der Waals surface area contributed by atoms with E-state index < -0.39 is 0 Å². The summed E-state index contributed by atoms with van der Waals surface area (Å²) in [5.41, 5.74) is 3.33. The van der Waals surface area contributed by atoms with E-state index in [2.05, 4.69) is 57.8 Å². The summed E-state index contributed by atoms with van der Waals surface area (Å²) in [5.74, 6) is 0.548. The fourth-order valence-corrected chi connectivity index (χ4v) is 5.58. The summed E-state index contributed by atoms with van der Waals surface area (Å²) in [5, 5.41) is 11.3. The molecule has 1 aromatic heterocycles. The van der Waals surface area contributed by atoms with Crippen molar-refractivity contribution >= 4 is 23.5 Å². The summed E-state index contributed by atoms with van der Waals surface area (Å²) in [6.07, 6.45) is 18.7. The van der Waals surface area contributed by atoms with Gasteiger partial charge >= 0.3 is 0 Å². The van der Waals surface area contributed by atoms with Crippen molar-refractivity contribution in [2.24, 2.45) is 5.92 Å². The first-order chi connectivity index (χ1) is 20.6. The second-order valence-corrected chi connectivity index (χ2v) is 11.6. The number of aromatic nitrogens is 3. The van der Waals surface area contributed by atoms with Crippen molar-refractivity contribution < 1.29 is 9.59 Å². The Hall–Kier alpha value is -3.58. The Kier molecular flexibility index (Phi) is 13.0. The van der Waals surface area contributed by atoms with Gasteiger partial charge in [0.1, 0.15) is 5.69 Å². The van der Waals surface area contributed by atoms with E-state index in [9.17, 15) is 9.59 Å². The second-order valence-electron chi connectivity index (χ2n) is 11.6. The van der Waals surface area contributed by atoms with Crippen molar-refractivity contribution in [1.82, 2.24) is 19.9 Å². The molecule has 1 aliphatic heterocycles. The van der Waals surface area contributed by atoms with E-state index in [0.717, 1.165) is 45.3 Å². The monoisotopic (exact) mass is 569 g/mol. The van der Waals surface area contributed by atoms with E-state index in [1.54, 1.807) is 30.3 Å². The molecule has 0 unspecified atom stereocenters. The zero-order valence-electron chi connectivity index (χ0n) is 25.2. The van der Waals surface area contributed by atoms with Gasteiger partial charge in [-0.25, -0.2) is 0 Å². The smallest absolute Gasteiger partial charge is 0.238 e. The first-order valence-corrected chi connectivity index (χ1v) is 15.9. The van der Waals surface area contributed by atoms with Gasteiger partial charge in [-0.15, -0.1) is 5.10 Å². The largest absolute Gasteiger partial charge is 0.325 e. The number of likely N-dealkylation sites (tertiary alicyclic amines) is 1. The van der Waals surface area contributed by atoms with E-state index in [1.165, 1.54) is 56.6 Å². The third-order valence-corrected chi connectivity index (χ3v) is 8.10. The van der Waals surface area contributed by atoms with Crippen LogP contribution in [0.25, 0.3) is 6.08 Å². The minimum atomic E-state index is -0.108. The number of benzene rings is 2. The number of hydrogen-bond acceptors (Lipinski definition) is 5. The number of nitrogens with one attached hydrogen (secondary N) is 1. The Morgan fingerprint density at radius 3 is 2.31 bits per heavy atom. The van der Waals surface area contributed by atoms with Gasteiger partial charge < -0.3 is 5.32 Å². The fourth-order valence-electron chi connectivity index (χ4n) is 5.58. The molecule has 0 saturated carbocycles. The van der Waals surface area contributed by atoms with Crippen molar-refractivity contribution in [2.75, 3.05) is 25.0 Å². The molecular weight excluding hydrogens is 522 g/mol. The highest BCUT2D eigenvalue weighted by atomic mass is 16.2. The van der Waals surface area contributed by atoms with Gasteiger partial charge in [0.15, 0.2) is 5.78 Å². The number of nitrogens with zero attached hydrogens (tertiary/aromatic N) is 4. The van der Waals surface area contributed by atoms with Crippen LogP contribution in [-0.2, 0) is 17.8 Å². The Morgan fingerprint density at radius 2 is 1.60 bits per heavy atom. The molecule has 2 aromatic carbocycles. The SMILES string of the molecule is CCCCCCCCCCn1cc(/C=C/C(=O)c2ccc(NC(=O)CN3CCC(Cc4ccccc4)CC3)cc2)nn1. The van der Waals surface area contributed by atoms with Gasteiger partial charge in [0.25, 0.3) is 0 Å². The molecule has 0 radical (unpaired) electrons. The Balaban J connectivity index is 1.13. The summed E-state index contributed by atoms with van der Waals surface area (Å²) in [6, 6.07) is 17.7. The van der Waals surface area contributed by atoms with Crippen LogP contribution >= 0.6 is 0 Å². The lowest BCUT2D eigenvalue weighted by atomic mass is 9.90. The number of carbonyl (C=O) groups excluding carboxylic acids is 2. The topological polar surface area (TPSA) is 80.1 Å². The van der Waals surface area contributed by atoms with Gasteiger partial charge in [-0.3, -0.25) is 19.2 Å². The number of carbonyl (C=O) groups is 2. The van der Waals surface area contributed by atoms with Crippen LogP contribution in [0, 0.1) is 5.92 Å². The summed E-state index contributed by atoms with van der Waals surface area (Å²) < 4.78 is 1.85. The highest BCUT2D eigenvalue weighted by molar-refractivity contribution is 6.07. The molecule has 0 spiro atoms. The van der Waals surface area contributed by atoms with E-state index >= 15 is 0 Å². The normalized spacial score (nSPS) is 14.4. The number of ketones is 1. The molecule has 4 rings (SSSR count). The minimum absolute atomic E-state index is 0.0226. The molecule has 0 aliphatic carbocycles. The van der Waals surface area contributed by atoms with E-state index in [4.69, 9.17) is 0 Å². The number of rotatable bonds is 17. The Bertz CT molecular complexity index is 1240. The number of hydrogen-bond donors (Lipinski definition) is 1. The maximum absolute atomic E-state index is 12.7. The summed E-state index contributed by atoms with van der Waals surface area (Å²) in [4.78, 5) is 27.5. The lowest BCUT2D eigenvalue weighted by Crippen LogP contribution is -2.39. The lowest BCUT2D eigenvalue weighted by Gasteiger charge is -2.31. The molecule has 1 amide bonds. The summed E-state index contributed by atoms with van der Waals surface area (Å²) in [6.45, 7) is 5.37. The van der Waals surface area contributed by atoms with Crippen LogP contribution in [0.5, 0.6) is 0 Å². The van der Waals surface area contributed by atoms with Crippen LogP contribution in [0.15, 0.2) is 66.9 Å². The average Bonchev–Trinajstić information content (AvgIpc) is 3.47. The molecule has 1 N–H and O–H groups in total. The molecule has 0 atom stereocenters. The molecule has 7 nitrogen and oxygen atoms in total. The predicted octanol–water partition coefficient (Wildman–Crippen LogP) is 7.21. The zero-order valence-corrected chi connectivity index (χ0v) is 25.2. The maximum Gasteiger partial charge on any atom is 0.238 e. The van der Waals surface area contributed by atoms with Crippen molar-refractivity contribution in [3.63, 3.8) is 0 Å². The molecule has 224 valence electrons. The van der Waals surface area contributed by atoms with E-state index in [-0.39, 0.29) is 11.7 Å². The molecule has 1 aliphatic rings. The average molecular weight is 570 g/mol. The first-order valence-electron chi connectivity index (χ1n) is 15.9. The number of aryl methyl sites for hydroxylation is 1. The number of anilines is 1. The van der Waals surface area contributed by atoms with Gasteiger partial charge in [-0.1, -0.05) is 87.4 Å².